The average molecular weight is 297 g/mol. The molecule has 1 N–H and O–H groups in total. The maximum Gasteiger partial charge on any atom is 0.269 e. The molecule has 100 valence electrons. The number of carbonyl (C=O) groups is 1. The lowest BCUT2D eigenvalue weighted by Crippen LogP contribution is -2.14. The molecule has 0 saturated carbocycles. The smallest absolute Gasteiger partial charge is 0.269 e. The van der Waals surface area contributed by atoms with E-state index in [-0.39, 0.29) is 11.8 Å². The van der Waals surface area contributed by atoms with Crippen molar-refractivity contribution < 1.29 is 4.79 Å². The molecule has 0 unspecified atom stereocenters. The van der Waals surface area contributed by atoms with Gasteiger partial charge in [-0.3, -0.25) is 4.79 Å². The Bertz CT molecular complexity index is 612. The Kier molecular flexibility index (Phi) is 4.11. The van der Waals surface area contributed by atoms with Crippen molar-refractivity contribution in [3.05, 3.63) is 33.6 Å². The number of amides is 1. The summed E-state index contributed by atoms with van der Waals surface area (Å²) in [6.07, 6.45) is 0. The molecule has 0 fully saturated rings. The first kappa shape index (κ1) is 13.9. The van der Waals surface area contributed by atoms with Crippen LogP contribution in [0.5, 0.6) is 0 Å². The Morgan fingerprint density at radius 1 is 1.42 bits per heavy atom. The minimum absolute atomic E-state index is 0.156. The third kappa shape index (κ3) is 3.08. The topological polar surface area (TPSA) is 67.8 Å². The molecule has 5 nitrogen and oxygen atoms in total. The van der Waals surface area contributed by atoms with Crippen molar-refractivity contribution >= 4 is 34.7 Å². The quantitative estimate of drug-likeness (QED) is 0.883. The Hall–Kier alpha value is -1.53. The van der Waals surface area contributed by atoms with Gasteiger partial charge < -0.3 is 5.32 Å². The minimum Gasteiger partial charge on any atom is -0.320 e. The maximum atomic E-state index is 12.2. The van der Waals surface area contributed by atoms with Gasteiger partial charge in [-0.25, -0.2) is 4.98 Å². The summed E-state index contributed by atoms with van der Waals surface area (Å²) in [7, 11) is 0. The van der Waals surface area contributed by atoms with E-state index >= 15 is 0 Å². The normalized spacial score (nSPS) is 10.8. The molecule has 7 heteroatoms. The van der Waals surface area contributed by atoms with Crippen LogP contribution in [0.2, 0.25) is 5.15 Å². The highest BCUT2D eigenvalue weighted by Crippen LogP contribution is 2.22. The number of nitrogens with zero attached hydrogens (tertiary/aromatic N) is 3. The molecule has 0 radical (unpaired) electrons. The highest BCUT2D eigenvalue weighted by atomic mass is 35.5. The third-order valence-corrected chi connectivity index (χ3v) is 3.52. The fraction of sp³-hybridized carbons (Fsp3) is 0.333. The summed E-state index contributed by atoms with van der Waals surface area (Å²) < 4.78 is 3.84. The van der Waals surface area contributed by atoms with E-state index in [4.69, 9.17) is 11.6 Å². The summed E-state index contributed by atoms with van der Waals surface area (Å²) >= 11 is 6.87. The van der Waals surface area contributed by atoms with Crippen LogP contribution in [0.3, 0.4) is 0 Å². The van der Waals surface area contributed by atoms with Crippen LogP contribution in [0.4, 0.5) is 5.69 Å². The van der Waals surface area contributed by atoms with Gasteiger partial charge in [-0.15, -0.1) is 5.10 Å². The number of nitrogens with one attached hydrogen (secondary N) is 1. The molecule has 0 aromatic carbocycles. The Balaban J connectivity index is 2.23. The first-order valence-electron chi connectivity index (χ1n) is 5.75. The van der Waals surface area contributed by atoms with E-state index in [9.17, 15) is 4.79 Å². The lowest BCUT2D eigenvalue weighted by atomic mass is 10.1. The van der Waals surface area contributed by atoms with Crippen molar-refractivity contribution in [1.29, 1.82) is 0 Å². The van der Waals surface area contributed by atoms with Crippen LogP contribution in [0.15, 0.2) is 12.1 Å². The van der Waals surface area contributed by atoms with E-state index in [1.807, 2.05) is 13.8 Å². The zero-order valence-electron chi connectivity index (χ0n) is 10.8. The van der Waals surface area contributed by atoms with E-state index in [1.165, 1.54) is 0 Å². The van der Waals surface area contributed by atoms with Gasteiger partial charge in [0.1, 0.15) is 10.0 Å². The van der Waals surface area contributed by atoms with Crippen LogP contribution in [-0.2, 0) is 0 Å². The molecular weight excluding hydrogens is 284 g/mol. The summed E-state index contributed by atoms with van der Waals surface area (Å²) in [5.41, 5.74) is 2.02. The Morgan fingerprint density at radius 3 is 2.79 bits per heavy atom. The number of hydrogen-bond acceptors (Lipinski definition) is 5. The fourth-order valence-electron chi connectivity index (χ4n) is 1.57. The summed E-state index contributed by atoms with van der Waals surface area (Å²) in [5, 5.41) is 7.19. The first-order chi connectivity index (χ1) is 8.99. The van der Waals surface area contributed by atoms with Gasteiger partial charge >= 0.3 is 0 Å². The van der Waals surface area contributed by atoms with Gasteiger partial charge in [-0.05, 0) is 36.5 Å². The highest BCUT2D eigenvalue weighted by molar-refractivity contribution is 7.08. The molecular formula is C12H13ClN4OS. The molecule has 2 heterocycles. The zero-order chi connectivity index (χ0) is 14.0. The number of rotatable bonds is 3. The summed E-state index contributed by atoms with van der Waals surface area (Å²) in [5.74, 6) is -0.0603. The van der Waals surface area contributed by atoms with Gasteiger partial charge in [0.2, 0.25) is 0 Å². The van der Waals surface area contributed by atoms with Crippen LogP contribution in [0, 0.1) is 6.92 Å². The van der Waals surface area contributed by atoms with E-state index < -0.39 is 0 Å². The van der Waals surface area contributed by atoms with E-state index in [0.717, 1.165) is 11.5 Å². The number of halogens is 1. The summed E-state index contributed by atoms with van der Waals surface area (Å²) in [6.45, 7) is 5.74. The van der Waals surface area contributed by atoms with Gasteiger partial charge in [0.15, 0.2) is 0 Å². The molecule has 0 aliphatic rings. The zero-order valence-corrected chi connectivity index (χ0v) is 12.3. The number of pyridine rings is 1. The number of hydrogen-bond donors (Lipinski definition) is 1. The van der Waals surface area contributed by atoms with Crippen molar-refractivity contribution in [3.63, 3.8) is 0 Å². The largest absolute Gasteiger partial charge is 0.320 e. The van der Waals surface area contributed by atoms with E-state index in [0.29, 0.717) is 27.1 Å². The van der Waals surface area contributed by atoms with Gasteiger partial charge in [0, 0.05) is 0 Å². The third-order valence-electron chi connectivity index (χ3n) is 2.57. The fourth-order valence-corrected chi connectivity index (χ4v) is 2.48. The lowest BCUT2D eigenvalue weighted by molar-refractivity contribution is 0.102. The van der Waals surface area contributed by atoms with Crippen molar-refractivity contribution in [3.8, 4) is 0 Å². The van der Waals surface area contributed by atoms with Gasteiger partial charge in [0.05, 0.1) is 17.1 Å². The van der Waals surface area contributed by atoms with Crippen LogP contribution in [-0.4, -0.2) is 20.5 Å². The maximum absolute atomic E-state index is 12.2. The summed E-state index contributed by atoms with van der Waals surface area (Å²) in [6, 6.07) is 3.37. The molecule has 0 aliphatic heterocycles. The second kappa shape index (κ2) is 5.63. The van der Waals surface area contributed by atoms with Gasteiger partial charge in [-0.1, -0.05) is 29.9 Å². The van der Waals surface area contributed by atoms with Gasteiger partial charge in [-0.2, -0.15) is 0 Å². The van der Waals surface area contributed by atoms with Crippen LogP contribution in [0.1, 0.15) is 40.8 Å². The van der Waals surface area contributed by atoms with E-state index in [1.54, 1.807) is 19.1 Å². The second-order valence-corrected chi connectivity index (χ2v) is 5.50. The van der Waals surface area contributed by atoms with Crippen molar-refractivity contribution in [1.82, 2.24) is 14.6 Å². The molecule has 2 rings (SSSR count). The van der Waals surface area contributed by atoms with Crippen LogP contribution < -0.4 is 5.32 Å². The van der Waals surface area contributed by atoms with Crippen molar-refractivity contribution in [2.24, 2.45) is 0 Å². The predicted octanol–water partition coefficient (Wildman–Crippen LogP) is 3.27. The SMILES string of the molecule is Cc1nc(Cl)ccc1NC(=O)c1snnc1C(C)C. The first-order valence-corrected chi connectivity index (χ1v) is 6.91. The standard InChI is InChI=1S/C12H13ClN4OS/c1-6(2)10-11(19-17-16-10)12(18)15-8-4-5-9(13)14-7(8)3/h4-6H,1-3H3,(H,15,18). The number of carbonyl (C=O) groups excluding carboxylic acids is 1. The lowest BCUT2D eigenvalue weighted by Gasteiger charge is -2.08. The van der Waals surface area contributed by atoms with Crippen molar-refractivity contribution in [2.75, 3.05) is 5.32 Å². The molecule has 0 bridgehead atoms. The predicted molar refractivity (Wildman–Crippen MR) is 75.9 cm³/mol. The molecule has 0 saturated heterocycles. The Morgan fingerprint density at radius 2 is 2.16 bits per heavy atom. The van der Waals surface area contributed by atoms with Crippen LogP contribution in [0.25, 0.3) is 0 Å². The number of aromatic nitrogens is 3. The molecule has 2 aromatic rings. The van der Waals surface area contributed by atoms with E-state index in [2.05, 4.69) is 19.9 Å². The second-order valence-electron chi connectivity index (χ2n) is 4.36. The Labute approximate surface area is 120 Å². The molecule has 0 aliphatic carbocycles. The number of anilines is 1. The number of aryl methyl sites for hydroxylation is 1. The molecule has 1 amide bonds. The summed E-state index contributed by atoms with van der Waals surface area (Å²) in [4.78, 5) is 16.8. The van der Waals surface area contributed by atoms with Crippen LogP contribution >= 0.6 is 23.1 Å². The highest BCUT2D eigenvalue weighted by Gasteiger charge is 2.19. The minimum atomic E-state index is -0.217. The van der Waals surface area contributed by atoms with Crippen molar-refractivity contribution in [2.45, 2.75) is 26.7 Å². The monoisotopic (exact) mass is 296 g/mol. The van der Waals surface area contributed by atoms with Gasteiger partial charge in [0.25, 0.3) is 5.91 Å². The average Bonchev–Trinajstić information content (AvgIpc) is 2.82. The molecule has 19 heavy (non-hydrogen) atoms. The molecule has 0 spiro atoms. The molecule has 0 atom stereocenters. The molecule has 2 aromatic heterocycles.